The van der Waals surface area contributed by atoms with Gasteiger partial charge in [0.15, 0.2) is 5.65 Å². The Kier molecular flexibility index (Phi) is 3.96. The largest absolute Gasteiger partial charge is 0.340 e. The Labute approximate surface area is 147 Å². The molecule has 24 heavy (non-hydrogen) atoms. The van der Waals surface area contributed by atoms with Gasteiger partial charge < -0.3 is 5.32 Å². The van der Waals surface area contributed by atoms with Gasteiger partial charge in [-0.15, -0.1) is 0 Å². The molecule has 118 valence electrons. The number of nitrogens with zero attached hydrogens (tertiary/aromatic N) is 4. The highest BCUT2D eigenvalue weighted by Crippen LogP contribution is 2.24. The molecule has 0 fully saturated rings. The Morgan fingerprint density at radius 3 is 2.54 bits per heavy atom. The first-order chi connectivity index (χ1) is 11.8. The van der Waals surface area contributed by atoms with E-state index in [0.717, 1.165) is 27.0 Å². The van der Waals surface area contributed by atoms with Crippen LogP contribution < -0.4 is 5.32 Å². The number of fused-ring (bicyclic) bond motifs is 1. The van der Waals surface area contributed by atoms with E-state index in [1.807, 2.05) is 47.1 Å². The molecular formula is C18H14BrN5. The fourth-order valence-electron chi connectivity index (χ4n) is 2.53. The summed E-state index contributed by atoms with van der Waals surface area (Å²) in [5, 5.41) is 8.70. The summed E-state index contributed by atoms with van der Waals surface area (Å²) in [6.07, 6.45) is 3.37. The number of rotatable bonds is 4. The molecule has 0 amide bonds. The minimum atomic E-state index is 0.680. The minimum absolute atomic E-state index is 0.680. The van der Waals surface area contributed by atoms with Gasteiger partial charge in [-0.05, 0) is 29.8 Å². The van der Waals surface area contributed by atoms with Gasteiger partial charge in [0.1, 0.15) is 12.1 Å². The van der Waals surface area contributed by atoms with Crippen LogP contribution in [-0.4, -0.2) is 19.7 Å². The maximum atomic E-state index is 4.47. The first-order valence-corrected chi connectivity index (χ1v) is 8.32. The van der Waals surface area contributed by atoms with Gasteiger partial charge >= 0.3 is 0 Å². The van der Waals surface area contributed by atoms with Crippen LogP contribution in [0.5, 0.6) is 0 Å². The number of aromatic nitrogens is 4. The van der Waals surface area contributed by atoms with Crippen molar-refractivity contribution >= 4 is 38.5 Å². The van der Waals surface area contributed by atoms with Crippen LogP contribution in [-0.2, 0) is 6.54 Å². The summed E-state index contributed by atoms with van der Waals surface area (Å²) in [7, 11) is 0. The van der Waals surface area contributed by atoms with E-state index in [0.29, 0.717) is 6.54 Å². The van der Waals surface area contributed by atoms with Crippen molar-refractivity contribution in [3.05, 3.63) is 77.2 Å². The summed E-state index contributed by atoms with van der Waals surface area (Å²) in [5.41, 5.74) is 2.96. The lowest BCUT2D eigenvalue weighted by Crippen LogP contribution is -2.03. The van der Waals surface area contributed by atoms with Gasteiger partial charge in [-0.1, -0.05) is 46.3 Å². The maximum absolute atomic E-state index is 4.47. The lowest BCUT2D eigenvalue weighted by Gasteiger charge is -2.07. The van der Waals surface area contributed by atoms with Crippen LogP contribution in [0.1, 0.15) is 5.56 Å². The summed E-state index contributed by atoms with van der Waals surface area (Å²) in [6, 6.07) is 18.2. The molecule has 0 aliphatic rings. The second-order valence-electron chi connectivity index (χ2n) is 5.38. The molecule has 0 radical (unpaired) electrons. The van der Waals surface area contributed by atoms with Gasteiger partial charge in [0.25, 0.3) is 0 Å². The second kappa shape index (κ2) is 6.41. The molecule has 6 heteroatoms. The van der Waals surface area contributed by atoms with Crippen molar-refractivity contribution < 1.29 is 0 Å². The van der Waals surface area contributed by atoms with Gasteiger partial charge in [-0.3, -0.25) is 0 Å². The molecule has 2 aromatic carbocycles. The topological polar surface area (TPSA) is 55.6 Å². The van der Waals surface area contributed by atoms with Gasteiger partial charge in [0.2, 0.25) is 0 Å². The smallest absolute Gasteiger partial charge is 0.163 e. The third-order valence-electron chi connectivity index (χ3n) is 3.72. The average Bonchev–Trinajstić information content (AvgIpc) is 3.02. The van der Waals surface area contributed by atoms with Crippen molar-refractivity contribution in [2.45, 2.75) is 6.54 Å². The zero-order valence-corrected chi connectivity index (χ0v) is 14.3. The molecule has 1 N–H and O–H groups in total. The zero-order valence-electron chi connectivity index (χ0n) is 12.7. The SMILES string of the molecule is Brc1ccc(Nc2ncnc3c2cnn3Cc2ccccc2)cc1. The monoisotopic (exact) mass is 379 g/mol. The van der Waals surface area contributed by atoms with E-state index in [4.69, 9.17) is 0 Å². The molecule has 0 atom stereocenters. The second-order valence-corrected chi connectivity index (χ2v) is 6.29. The van der Waals surface area contributed by atoms with Gasteiger partial charge in [-0.25, -0.2) is 14.6 Å². The Morgan fingerprint density at radius 1 is 0.958 bits per heavy atom. The minimum Gasteiger partial charge on any atom is -0.340 e. The highest BCUT2D eigenvalue weighted by atomic mass is 79.9. The third-order valence-corrected chi connectivity index (χ3v) is 4.24. The van der Waals surface area contributed by atoms with E-state index >= 15 is 0 Å². The summed E-state index contributed by atoms with van der Waals surface area (Å²) >= 11 is 3.44. The van der Waals surface area contributed by atoms with Gasteiger partial charge in [0, 0.05) is 10.2 Å². The molecule has 2 heterocycles. The van der Waals surface area contributed by atoms with E-state index in [1.165, 1.54) is 5.56 Å². The number of hydrogen-bond donors (Lipinski definition) is 1. The predicted molar refractivity (Wildman–Crippen MR) is 98.3 cm³/mol. The van der Waals surface area contributed by atoms with Crippen molar-refractivity contribution in [1.82, 2.24) is 19.7 Å². The first-order valence-electron chi connectivity index (χ1n) is 7.52. The Balaban J connectivity index is 1.67. The first kappa shape index (κ1) is 14.8. The van der Waals surface area contributed by atoms with Crippen LogP contribution in [0.15, 0.2) is 71.6 Å². The zero-order chi connectivity index (χ0) is 16.4. The van der Waals surface area contributed by atoms with Crippen LogP contribution >= 0.6 is 15.9 Å². The van der Waals surface area contributed by atoms with Crippen LogP contribution in [0, 0.1) is 0 Å². The molecule has 0 aliphatic carbocycles. The Hall–Kier alpha value is -2.73. The van der Waals surface area contributed by atoms with E-state index in [9.17, 15) is 0 Å². The molecule has 0 saturated carbocycles. The van der Waals surface area contributed by atoms with Crippen molar-refractivity contribution in [2.24, 2.45) is 0 Å². The maximum Gasteiger partial charge on any atom is 0.163 e. The lowest BCUT2D eigenvalue weighted by atomic mass is 10.2. The molecular weight excluding hydrogens is 366 g/mol. The molecule has 0 spiro atoms. The standard InChI is InChI=1S/C18H14BrN5/c19-14-6-8-15(9-7-14)23-17-16-10-22-24(18(16)21-12-20-17)11-13-4-2-1-3-5-13/h1-10,12H,11H2,(H,20,21,23). The van der Waals surface area contributed by atoms with Gasteiger partial charge in [0.05, 0.1) is 18.1 Å². The number of benzene rings is 2. The fraction of sp³-hybridized carbons (Fsp3) is 0.0556. The molecule has 5 nitrogen and oxygen atoms in total. The third kappa shape index (κ3) is 3.00. The fourth-order valence-corrected chi connectivity index (χ4v) is 2.80. The molecule has 0 unspecified atom stereocenters. The summed E-state index contributed by atoms with van der Waals surface area (Å²) in [6.45, 7) is 0.680. The summed E-state index contributed by atoms with van der Waals surface area (Å²) in [5.74, 6) is 0.752. The molecule has 0 saturated heterocycles. The molecule has 0 aliphatic heterocycles. The highest BCUT2D eigenvalue weighted by Gasteiger charge is 2.10. The average molecular weight is 380 g/mol. The summed E-state index contributed by atoms with van der Waals surface area (Å²) in [4.78, 5) is 8.75. The van der Waals surface area contributed by atoms with E-state index in [1.54, 1.807) is 12.5 Å². The van der Waals surface area contributed by atoms with E-state index in [-0.39, 0.29) is 0 Å². The van der Waals surface area contributed by atoms with Crippen molar-refractivity contribution in [3.8, 4) is 0 Å². The van der Waals surface area contributed by atoms with Crippen LogP contribution in [0.3, 0.4) is 0 Å². The number of hydrogen-bond acceptors (Lipinski definition) is 4. The molecule has 2 aromatic heterocycles. The Morgan fingerprint density at radius 2 is 1.75 bits per heavy atom. The Bertz CT molecular complexity index is 964. The van der Waals surface area contributed by atoms with Crippen LogP contribution in [0.25, 0.3) is 11.0 Å². The number of anilines is 2. The molecule has 4 aromatic rings. The normalized spacial score (nSPS) is 10.9. The summed E-state index contributed by atoms with van der Waals surface area (Å²) < 4.78 is 2.93. The van der Waals surface area contributed by atoms with Crippen molar-refractivity contribution in [2.75, 3.05) is 5.32 Å². The predicted octanol–water partition coefficient (Wildman–Crippen LogP) is 4.38. The van der Waals surface area contributed by atoms with Crippen molar-refractivity contribution in [3.63, 3.8) is 0 Å². The van der Waals surface area contributed by atoms with E-state index in [2.05, 4.69) is 48.4 Å². The van der Waals surface area contributed by atoms with Crippen LogP contribution in [0.4, 0.5) is 11.5 Å². The van der Waals surface area contributed by atoms with Gasteiger partial charge in [-0.2, -0.15) is 5.10 Å². The van der Waals surface area contributed by atoms with Crippen molar-refractivity contribution in [1.29, 1.82) is 0 Å². The number of halogens is 1. The molecule has 4 rings (SSSR count). The van der Waals surface area contributed by atoms with Crippen LogP contribution in [0.2, 0.25) is 0 Å². The highest BCUT2D eigenvalue weighted by molar-refractivity contribution is 9.10. The van der Waals surface area contributed by atoms with E-state index < -0.39 is 0 Å². The lowest BCUT2D eigenvalue weighted by molar-refractivity contribution is 0.704. The molecule has 0 bridgehead atoms. The number of nitrogens with one attached hydrogen (secondary N) is 1. The quantitative estimate of drug-likeness (QED) is 0.571.